The fourth-order valence-corrected chi connectivity index (χ4v) is 3.82. The largest absolute Gasteiger partial charge is 0.487 e. The molecule has 0 fully saturated rings. The summed E-state index contributed by atoms with van der Waals surface area (Å²) in [6, 6.07) is 7.64. The van der Waals surface area contributed by atoms with Crippen LogP contribution in [-0.2, 0) is 6.42 Å². The Hall–Kier alpha value is -1.07. The molecule has 2 heterocycles. The molecule has 1 aliphatic heterocycles. The lowest BCUT2D eigenvalue weighted by molar-refractivity contribution is 0.102. The summed E-state index contributed by atoms with van der Waals surface area (Å²) in [5.74, 6) is 0.807. The summed E-state index contributed by atoms with van der Waals surface area (Å²) in [7, 11) is 0. The topological polar surface area (TPSA) is 38.3 Å². The first-order valence-corrected chi connectivity index (χ1v) is 8.10. The van der Waals surface area contributed by atoms with Crippen LogP contribution in [0.1, 0.15) is 22.2 Å². The highest BCUT2D eigenvalue weighted by Gasteiger charge is 2.28. The Morgan fingerprint density at radius 3 is 2.90 bits per heavy atom. The Bertz CT molecular complexity index is 699. The number of rotatable bonds is 4. The van der Waals surface area contributed by atoms with Gasteiger partial charge < -0.3 is 4.74 Å². The van der Waals surface area contributed by atoms with Crippen molar-refractivity contribution in [1.82, 2.24) is 4.84 Å². The fourth-order valence-electron chi connectivity index (χ4n) is 2.47. The number of hydrogen-bond donors (Lipinski definition) is 1. The van der Waals surface area contributed by atoms with Crippen LogP contribution < -0.4 is 9.57 Å². The molecular formula is C15H13Cl2NO2S. The van der Waals surface area contributed by atoms with Gasteiger partial charge in [0.15, 0.2) is 5.78 Å². The second kappa shape index (κ2) is 5.97. The van der Waals surface area contributed by atoms with Gasteiger partial charge in [0.2, 0.25) is 0 Å². The van der Waals surface area contributed by atoms with Gasteiger partial charge in [-0.15, -0.1) is 11.3 Å². The molecule has 6 heteroatoms. The van der Waals surface area contributed by atoms with E-state index >= 15 is 0 Å². The van der Waals surface area contributed by atoms with Crippen molar-refractivity contribution in [3.05, 3.63) is 39.7 Å². The molecule has 0 saturated heterocycles. The Kier molecular flexibility index (Phi) is 4.22. The Morgan fingerprint density at radius 2 is 2.24 bits per heavy atom. The van der Waals surface area contributed by atoms with E-state index in [2.05, 4.69) is 4.84 Å². The van der Waals surface area contributed by atoms with Crippen LogP contribution in [0.2, 0.25) is 5.02 Å². The second-order valence-corrected chi connectivity index (χ2v) is 6.66. The minimum Gasteiger partial charge on any atom is -0.487 e. The first kappa shape index (κ1) is 14.9. The molecular weight excluding hydrogens is 329 g/mol. The lowest BCUT2D eigenvalue weighted by Gasteiger charge is -2.08. The lowest BCUT2D eigenvalue weighted by Crippen LogP contribution is -2.24. The van der Waals surface area contributed by atoms with E-state index in [4.69, 9.17) is 28.1 Å². The van der Waals surface area contributed by atoms with E-state index in [0.29, 0.717) is 11.6 Å². The van der Waals surface area contributed by atoms with Crippen molar-refractivity contribution in [2.45, 2.75) is 19.4 Å². The van der Waals surface area contributed by atoms with Gasteiger partial charge in [0.1, 0.15) is 11.9 Å². The number of nitrogens with one attached hydrogen (secondary N) is 1. The fraction of sp³-hybridized carbons (Fsp3) is 0.267. The van der Waals surface area contributed by atoms with Gasteiger partial charge in [-0.3, -0.25) is 4.79 Å². The highest BCUT2D eigenvalue weighted by atomic mass is 35.5. The van der Waals surface area contributed by atoms with Gasteiger partial charge in [-0.05, 0) is 42.5 Å². The summed E-state index contributed by atoms with van der Waals surface area (Å²) in [6.07, 6.45) is 0.724. The van der Waals surface area contributed by atoms with Gasteiger partial charge in [0.05, 0.1) is 9.90 Å². The summed E-state index contributed by atoms with van der Waals surface area (Å²) in [6.45, 7) is 2.13. The summed E-state index contributed by atoms with van der Waals surface area (Å²) < 4.78 is 5.85. The lowest BCUT2D eigenvalue weighted by atomic mass is 10.0. The van der Waals surface area contributed by atoms with E-state index in [-0.39, 0.29) is 11.9 Å². The number of Topliss-reactive ketones (excluding diaryl/α,β-unsaturated/α-hetero) is 1. The number of carbonyl (C=O) groups excluding carboxylic acids is 1. The zero-order valence-corrected chi connectivity index (χ0v) is 13.6. The molecule has 0 saturated carbocycles. The van der Waals surface area contributed by atoms with Crippen LogP contribution in [0.25, 0.3) is 10.4 Å². The average molecular weight is 342 g/mol. The highest BCUT2D eigenvalue weighted by molar-refractivity contribution is 7.17. The van der Waals surface area contributed by atoms with Crippen molar-refractivity contribution >= 4 is 40.5 Å². The zero-order valence-electron chi connectivity index (χ0n) is 11.3. The van der Waals surface area contributed by atoms with Crippen molar-refractivity contribution in [3.63, 3.8) is 0 Å². The highest BCUT2D eigenvalue weighted by Crippen LogP contribution is 2.43. The molecule has 1 unspecified atom stereocenters. The Labute approximate surface area is 136 Å². The van der Waals surface area contributed by atoms with Crippen LogP contribution in [0.3, 0.4) is 0 Å². The SMILES string of the molecule is CC(=O)c1ccc(-c2ccc(Cl)c3c2CC(CNCl)O3)s1. The smallest absolute Gasteiger partial charge is 0.169 e. The van der Waals surface area contributed by atoms with E-state index in [1.807, 2.05) is 24.3 Å². The van der Waals surface area contributed by atoms with E-state index in [1.165, 1.54) is 11.3 Å². The maximum atomic E-state index is 11.5. The maximum Gasteiger partial charge on any atom is 0.169 e. The Balaban J connectivity index is 2.01. The zero-order chi connectivity index (χ0) is 15.0. The van der Waals surface area contributed by atoms with Gasteiger partial charge >= 0.3 is 0 Å². The van der Waals surface area contributed by atoms with Gasteiger partial charge in [-0.2, -0.15) is 0 Å². The third-order valence-electron chi connectivity index (χ3n) is 3.45. The summed E-state index contributed by atoms with van der Waals surface area (Å²) in [5.41, 5.74) is 2.15. The molecule has 0 aliphatic carbocycles. The van der Waals surface area contributed by atoms with Crippen LogP contribution in [0, 0.1) is 0 Å². The summed E-state index contributed by atoms with van der Waals surface area (Å²) in [5, 5.41) is 0.606. The molecule has 0 spiro atoms. The molecule has 3 nitrogen and oxygen atoms in total. The number of fused-ring (bicyclic) bond motifs is 1. The van der Waals surface area contributed by atoms with E-state index in [1.54, 1.807) is 6.92 Å². The van der Waals surface area contributed by atoms with Gasteiger partial charge in [-0.25, -0.2) is 4.84 Å². The standard InChI is InChI=1S/C15H13Cl2NO2S/c1-8(19)13-4-5-14(21-13)10-2-3-12(16)15-11(10)6-9(20-15)7-18-17/h2-5,9,18H,6-7H2,1H3. The van der Waals surface area contributed by atoms with Crippen molar-refractivity contribution in [3.8, 4) is 16.2 Å². The normalized spacial score (nSPS) is 16.6. The molecule has 1 atom stereocenters. The van der Waals surface area contributed by atoms with E-state index in [0.717, 1.165) is 33.1 Å². The number of carbonyl (C=O) groups is 1. The van der Waals surface area contributed by atoms with Crippen LogP contribution in [0.5, 0.6) is 5.75 Å². The van der Waals surface area contributed by atoms with Gasteiger partial charge in [0, 0.05) is 23.4 Å². The van der Waals surface area contributed by atoms with Crippen LogP contribution >= 0.6 is 34.7 Å². The number of benzene rings is 1. The second-order valence-electron chi connectivity index (χ2n) is 4.90. The third-order valence-corrected chi connectivity index (χ3v) is 5.12. The molecule has 1 N–H and O–H groups in total. The van der Waals surface area contributed by atoms with Crippen molar-refractivity contribution < 1.29 is 9.53 Å². The van der Waals surface area contributed by atoms with Crippen molar-refractivity contribution in [2.24, 2.45) is 0 Å². The van der Waals surface area contributed by atoms with Gasteiger partial charge in [-0.1, -0.05) is 17.7 Å². The monoisotopic (exact) mass is 341 g/mol. The molecule has 0 amide bonds. The third kappa shape index (κ3) is 2.81. The molecule has 110 valence electrons. The first-order valence-electron chi connectivity index (χ1n) is 6.53. The van der Waals surface area contributed by atoms with Crippen LogP contribution in [-0.4, -0.2) is 18.4 Å². The molecule has 2 aromatic rings. The molecule has 1 aromatic carbocycles. The predicted molar refractivity (Wildman–Crippen MR) is 86.7 cm³/mol. The average Bonchev–Trinajstić information content (AvgIpc) is 3.06. The predicted octanol–water partition coefficient (Wildman–Crippen LogP) is 4.32. The molecule has 21 heavy (non-hydrogen) atoms. The minimum absolute atomic E-state index is 0.0246. The first-order chi connectivity index (χ1) is 10.1. The summed E-state index contributed by atoms with van der Waals surface area (Å²) >= 11 is 13.3. The Morgan fingerprint density at radius 1 is 1.43 bits per heavy atom. The molecule has 0 radical (unpaired) electrons. The maximum absolute atomic E-state index is 11.5. The van der Waals surface area contributed by atoms with Crippen LogP contribution in [0.4, 0.5) is 0 Å². The number of ketones is 1. The molecule has 1 aromatic heterocycles. The quantitative estimate of drug-likeness (QED) is 0.664. The molecule has 0 bridgehead atoms. The van der Waals surface area contributed by atoms with Gasteiger partial charge in [0.25, 0.3) is 0 Å². The molecule has 1 aliphatic rings. The van der Waals surface area contributed by atoms with Crippen molar-refractivity contribution in [2.75, 3.05) is 6.54 Å². The number of thiophene rings is 1. The minimum atomic E-state index is -0.0246. The number of hydrogen-bond acceptors (Lipinski definition) is 4. The number of halogens is 2. The van der Waals surface area contributed by atoms with E-state index in [9.17, 15) is 4.79 Å². The van der Waals surface area contributed by atoms with E-state index < -0.39 is 0 Å². The van der Waals surface area contributed by atoms with Crippen LogP contribution in [0.15, 0.2) is 24.3 Å². The van der Waals surface area contributed by atoms with Crippen molar-refractivity contribution in [1.29, 1.82) is 0 Å². The molecule has 3 rings (SSSR count). The number of ether oxygens (including phenoxy) is 1. The summed E-state index contributed by atoms with van der Waals surface area (Å²) in [4.78, 5) is 15.9.